The Labute approximate surface area is 203 Å². The molecule has 6 heteroatoms. The molecule has 0 spiro atoms. The second-order valence-corrected chi connectivity index (χ2v) is 9.01. The average molecular weight is 479 g/mol. The molecule has 1 unspecified atom stereocenters. The summed E-state index contributed by atoms with van der Waals surface area (Å²) in [4.78, 5) is 12.8. The van der Waals surface area contributed by atoms with Crippen molar-refractivity contribution in [3.8, 4) is 5.75 Å². The molecule has 3 rings (SSSR count). The van der Waals surface area contributed by atoms with Crippen molar-refractivity contribution in [1.29, 1.82) is 0 Å². The number of hydrogen-bond donors (Lipinski definition) is 0. The highest BCUT2D eigenvalue weighted by Crippen LogP contribution is 2.38. The first-order chi connectivity index (χ1) is 16.6. The minimum Gasteiger partial charge on any atom is -0.495 e. The van der Waals surface area contributed by atoms with Gasteiger partial charge in [-0.15, -0.1) is 0 Å². The van der Waals surface area contributed by atoms with E-state index in [1.54, 1.807) is 7.11 Å². The Hall–Kier alpha value is -3.38. The van der Waals surface area contributed by atoms with Crippen molar-refractivity contribution in [2.75, 3.05) is 14.2 Å². The van der Waals surface area contributed by atoms with E-state index < -0.39 is 22.9 Å². The highest BCUT2D eigenvalue weighted by molar-refractivity contribution is 7.89. The maximum absolute atomic E-state index is 14.3. The van der Waals surface area contributed by atoms with Gasteiger partial charge in [0.25, 0.3) is 0 Å². The van der Waals surface area contributed by atoms with Crippen LogP contribution in [-0.2, 0) is 25.1 Å². The number of hydrogen-bond acceptors (Lipinski definition) is 5. The number of ether oxygens (including phenoxy) is 3. The van der Waals surface area contributed by atoms with Gasteiger partial charge in [-0.2, -0.15) is 0 Å². The normalized spacial score (nSPS) is 13.6. The van der Waals surface area contributed by atoms with E-state index in [-0.39, 0.29) is 0 Å². The lowest BCUT2D eigenvalue weighted by Gasteiger charge is -2.22. The number of rotatable bonds is 11. The molecule has 178 valence electrons. The van der Waals surface area contributed by atoms with Crippen molar-refractivity contribution in [3.63, 3.8) is 0 Å². The maximum atomic E-state index is 14.3. The lowest BCUT2D eigenvalue weighted by Crippen LogP contribution is -2.11. The summed E-state index contributed by atoms with van der Waals surface area (Å²) in [6, 6.07) is 21.2. The van der Waals surface area contributed by atoms with Crippen LogP contribution in [0, 0.1) is 0 Å². The second kappa shape index (κ2) is 12.8. The summed E-state index contributed by atoms with van der Waals surface area (Å²) in [6.45, 7) is 2.11. The smallest absolute Gasteiger partial charge is 0.333 e. The predicted octanol–water partition coefficient (Wildman–Crippen LogP) is 6.47. The molecule has 2 atom stereocenters. The van der Waals surface area contributed by atoms with Crippen LogP contribution >= 0.6 is 0 Å². The zero-order valence-corrected chi connectivity index (χ0v) is 20.5. The summed E-state index contributed by atoms with van der Waals surface area (Å²) < 4.78 is 30.6. The van der Waals surface area contributed by atoms with E-state index in [2.05, 4.69) is 11.7 Å². The van der Waals surface area contributed by atoms with E-state index in [0.717, 1.165) is 35.6 Å². The van der Waals surface area contributed by atoms with Crippen LogP contribution in [0.25, 0.3) is 10.8 Å². The standard InChI is InChI=1S/C28H30O5S/c1-4-5-7-16-25(27(22-13-8-6-9-14-22)33-20-19-26(29)32-3)34(30)28-23-15-11-10-12-21(23)17-18-24(28)31-2/h6,8-20,27H,4-5,7H2,1-3H3/b20-19+,25-16-/t27-,34?/m1/s1. The monoisotopic (exact) mass is 478 g/mol. The molecule has 3 aromatic carbocycles. The Morgan fingerprint density at radius 2 is 1.74 bits per heavy atom. The van der Waals surface area contributed by atoms with Crippen LogP contribution in [0.2, 0.25) is 0 Å². The van der Waals surface area contributed by atoms with Crippen LogP contribution < -0.4 is 4.74 Å². The Balaban J connectivity index is 2.15. The van der Waals surface area contributed by atoms with Gasteiger partial charge in [0.05, 0.1) is 47.2 Å². The lowest BCUT2D eigenvalue weighted by molar-refractivity contribution is -0.135. The molecule has 0 radical (unpaired) electrons. The van der Waals surface area contributed by atoms with E-state index in [0.29, 0.717) is 15.6 Å². The average Bonchev–Trinajstić information content (AvgIpc) is 2.89. The Morgan fingerprint density at radius 3 is 2.44 bits per heavy atom. The van der Waals surface area contributed by atoms with Gasteiger partial charge in [-0.3, -0.25) is 0 Å². The van der Waals surface area contributed by atoms with Crippen molar-refractivity contribution >= 4 is 27.5 Å². The van der Waals surface area contributed by atoms with Crippen LogP contribution in [0.1, 0.15) is 37.9 Å². The number of methoxy groups -OCH3 is 2. The Morgan fingerprint density at radius 1 is 1.00 bits per heavy atom. The molecule has 0 heterocycles. The number of carbonyl (C=O) groups excluding carboxylic acids is 1. The van der Waals surface area contributed by atoms with E-state index in [9.17, 15) is 9.00 Å². The quantitative estimate of drug-likeness (QED) is 0.137. The summed E-state index contributed by atoms with van der Waals surface area (Å²) in [6.07, 6.45) is 6.54. The van der Waals surface area contributed by atoms with Gasteiger partial charge in [0.1, 0.15) is 5.75 Å². The molecular weight excluding hydrogens is 448 g/mol. The van der Waals surface area contributed by atoms with E-state index in [4.69, 9.17) is 9.47 Å². The summed E-state index contributed by atoms with van der Waals surface area (Å²) in [5.41, 5.74) is 0.826. The number of benzene rings is 3. The molecule has 0 aromatic heterocycles. The third-order valence-corrected chi connectivity index (χ3v) is 6.95. The lowest BCUT2D eigenvalue weighted by atomic mass is 10.1. The molecule has 0 saturated carbocycles. The maximum Gasteiger partial charge on any atom is 0.333 e. The van der Waals surface area contributed by atoms with Crippen molar-refractivity contribution in [2.24, 2.45) is 0 Å². The molecular formula is C28H30O5S. The van der Waals surface area contributed by atoms with Crippen molar-refractivity contribution in [2.45, 2.75) is 37.2 Å². The van der Waals surface area contributed by atoms with Crippen molar-refractivity contribution in [3.05, 3.63) is 95.6 Å². The van der Waals surface area contributed by atoms with Gasteiger partial charge in [-0.25, -0.2) is 9.00 Å². The minimum absolute atomic E-state index is 0.528. The number of esters is 1. The molecule has 0 fully saturated rings. The van der Waals surface area contributed by atoms with Crippen LogP contribution in [0.5, 0.6) is 5.75 Å². The molecule has 0 aliphatic carbocycles. The third kappa shape index (κ3) is 6.14. The first-order valence-electron chi connectivity index (χ1n) is 11.2. The van der Waals surface area contributed by atoms with E-state index in [1.807, 2.05) is 72.8 Å². The van der Waals surface area contributed by atoms with Crippen LogP contribution in [0.4, 0.5) is 0 Å². The van der Waals surface area contributed by atoms with Gasteiger partial charge in [0.2, 0.25) is 0 Å². The Bertz CT molecular complexity index is 1180. The molecule has 0 aliphatic heterocycles. The number of allylic oxidation sites excluding steroid dienone is 1. The zero-order valence-electron chi connectivity index (χ0n) is 19.7. The molecule has 5 nitrogen and oxygen atoms in total. The summed E-state index contributed by atoms with van der Waals surface area (Å²) in [5, 5.41) is 1.83. The highest BCUT2D eigenvalue weighted by Gasteiger charge is 2.27. The summed E-state index contributed by atoms with van der Waals surface area (Å²) >= 11 is 0. The predicted molar refractivity (Wildman–Crippen MR) is 136 cm³/mol. The van der Waals surface area contributed by atoms with Gasteiger partial charge in [0, 0.05) is 5.39 Å². The molecule has 0 aliphatic rings. The number of fused-ring (bicyclic) bond motifs is 1. The first kappa shape index (κ1) is 25.2. The largest absolute Gasteiger partial charge is 0.495 e. The fourth-order valence-electron chi connectivity index (χ4n) is 3.60. The fourth-order valence-corrected chi connectivity index (χ4v) is 5.21. The third-order valence-electron chi connectivity index (χ3n) is 5.35. The Kier molecular flexibility index (Phi) is 9.47. The fraction of sp³-hybridized carbons (Fsp3) is 0.250. The minimum atomic E-state index is -1.60. The van der Waals surface area contributed by atoms with Crippen molar-refractivity contribution in [1.82, 2.24) is 0 Å². The van der Waals surface area contributed by atoms with Gasteiger partial charge in [-0.1, -0.05) is 86.5 Å². The summed E-state index contributed by atoms with van der Waals surface area (Å²) in [5.74, 6) is 0.0236. The van der Waals surface area contributed by atoms with Gasteiger partial charge < -0.3 is 14.2 Å². The zero-order chi connectivity index (χ0) is 24.3. The molecule has 0 amide bonds. The SMILES string of the molecule is CCCC/C=C(/[C@H](O/C=C/C(=O)OC)c1ccccc1)S(=O)c1c(OC)ccc2ccccc12. The first-order valence-corrected chi connectivity index (χ1v) is 12.4. The summed E-state index contributed by atoms with van der Waals surface area (Å²) in [7, 11) is 1.29. The van der Waals surface area contributed by atoms with Crippen LogP contribution in [0.15, 0.2) is 94.9 Å². The molecule has 3 aromatic rings. The molecule has 0 bridgehead atoms. The molecule has 0 saturated heterocycles. The number of unbranched alkanes of at least 4 members (excludes halogenated alkanes) is 2. The molecule has 34 heavy (non-hydrogen) atoms. The van der Waals surface area contributed by atoms with Gasteiger partial charge >= 0.3 is 5.97 Å². The van der Waals surface area contributed by atoms with Crippen LogP contribution in [0.3, 0.4) is 0 Å². The van der Waals surface area contributed by atoms with E-state index >= 15 is 0 Å². The number of carbonyl (C=O) groups is 1. The highest BCUT2D eigenvalue weighted by atomic mass is 32.2. The topological polar surface area (TPSA) is 61.8 Å². The second-order valence-electron chi connectivity index (χ2n) is 7.59. The van der Waals surface area contributed by atoms with E-state index in [1.165, 1.54) is 19.4 Å². The van der Waals surface area contributed by atoms with Gasteiger partial charge in [-0.05, 0) is 23.4 Å². The molecule has 0 N–H and O–H groups in total. The van der Waals surface area contributed by atoms with Crippen molar-refractivity contribution < 1.29 is 23.2 Å². The van der Waals surface area contributed by atoms with Gasteiger partial charge in [0.15, 0.2) is 6.10 Å². The van der Waals surface area contributed by atoms with Crippen LogP contribution in [-0.4, -0.2) is 24.4 Å².